The van der Waals surface area contributed by atoms with Crippen LogP contribution in [-0.4, -0.2) is 78.9 Å². The average molecular weight is 685 g/mol. The summed E-state index contributed by atoms with van der Waals surface area (Å²) < 4.78 is 64.3. The van der Waals surface area contributed by atoms with Crippen molar-refractivity contribution in [2.75, 3.05) is 31.4 Å². The Labute approximate surface area is 245 Å². The lowest BCUT2D eigenvalue weighted by molar-refractivity contribution is -0.250. The molecule has 4 heterocycles. The van der Waals surface area contributed by atoms with Gasteiger partial charge in [-0.05, 0) is 6.07 Å². The van der Waals surface area contributed by atoms with Crippen LogP contribution in [0.2, 0.25) is 0 Å². The van der Waals surface area contributed by atoms with Crippen molar-refractivity contribution in [3.8, 4) is 0 Å². The van der Waals surface area contributed by atoms with E-state index in [9.17, 15) is 33.2 Å². The quantitative estimate of drug-likeness (QED) is 0.114. The molecule has 3 aromatic rings. The van der Waals surface area contributed by atoms with E-state index in [0.29, 0.717) is 0 Å². The predicted molar refractivity (Wildman–Crippen MR) is 135 cm³/mol. The molecule has 0 aromatic carbocycles. The van der Waals surface area contributed by atoms with Crippen molar-refractivity contribution in [3.05, 3.63) is 29.4 Å². The molecule has 1 aliphatic heterocycles. The number of nitrogens with one attached hydrogen (secondary N) is 2. The molecule has 236 valence electrons. The van der Waals surface area contributed by atoms with Crippen molar-refractivity contribution >= 4 is 64.7 Å². The van der Waals surface area contributed by atoms with Gasteiger partial charge in [0, 0.05) is 19.5 Å². The van der Waals surface area contributed by atoms with Crippen molar-refractivity contribution in [1.82, 2.24) is 29.5 Å². The summed E-state index contributed by atoms with van der Waals surface area (Å²) in [5, 5.41) is 2.41. The summed E-state index contributed by atoms with van der Waals surface area (Å²) in [6, 6.07) is 1.53. The van der Waals surface area contributed by atoms with Crippen molar-refractivity contribution in [1.29, 1.82) is 0 Å². The molecule has 4 rings (SSSR count). The normalized spacial score (nSPS) is 24.7. The van der Waals surface area contributed by atoms with Crippen LogP contribution < -0.4 is 25.7 Å². The lowest BCUT2D eigenvalue weighted by Crippen LogP contribution is -2.39. The Morgan fingerprint density at radius 2 is 1.88 bits per heavy atom. The van der Waals surface area contributed by atoms with E-state index >= 15 is 0 Å². The predicted octanol–water partition coefficient (Wildman–Crippen LogP) is -1.76. The molecular formula is C17H20N8O14P3S-3. The highest BCUT2D eigenvalue weighted by molar-refractivity contribution is 7.71. The number of hydrogen-bond acceptors (Lipinski definition) is 19. The van der Waals surface area contributed by atoms with E-state index in [4.69, 9.17) is 37.1 Å². The number of anilines is 2. The van der Waals surface area contributed by atoms with E-state index in [0.717, 1.165) is 0 Å². The van der Waals surface area contributed by atoms with Crippen molar-refractivity contribution in [2.45, 2.75) is 24.5 Å². The molecule has 0 bridgehead atoms. The van der Waals surface area contributed by atoms with Crippen LogP contribution in [0.15, 0.2) is 24.8 Å². The fraction of sp³-hybridized carbons (Fsp3) is 0.412. The number of aromatic amines is 1. The maximum absolute atomic E-state index is 12.5. The van der Waals surface area contributed by atoms with E-state index in [1.165, 1.54) is 36.5 Å². The molecule has 5 N–H and O–H groups in total. The van der Waals surface area contributed by atoms with Gasteiger partial charge in [-0.3, -0.25) is 28.4 Å². The number of aromatic nitrogens is 6. The first-order chi connectivity index (χ1) is 20.1. The van der Waals surface area contributed by atoms with Crippen LogP contribution in [0.1, 0.15) is 6.23 Å². The molecule has 1 aliphatic rings. The zero-order valence-corrected chi connectivity index (χ0v) is 24.9. The second kappa shape index (κ2) is 13.2. The molecule has 1 saturated heterocycles. The Balaban J connectivity index is 1.57. The molecule has 0 spiro atoms. The van der Waals surface area contributed by atoms with E-state index in [-0.39, 0.29) is 27.7 Å². The number of phosphoric acid groups is 3. The topological polar surface area (TPSA) is 323 Å². The van der Waals surface area contributed by atoms with Gasteiger partial charge in [0.2, 0.25) is 5.95 Å². The van der Waals surface area contributed by atoms with E-state index < -0.39 is 67.1 Å². The number of hydrogen-bond donors (Lipinski definition) is 4. The van der Waals surface area contributed by atoms with Gasteiger partial charge < -0.3 is 49.0 Å². The largest absolute Gasteiger partial charge is 0.756 e. The Bertz CT molecular complexity index is 1670. The first-order valence-corrected chi connectivity index (χ1v) is 16.2. The fourth-order valence-electron chi connectivity index (χ4n) is 3.82. The van der Waals surface area contributed by atoms with Crippen LogP contribution in [0.3, 0.4) is 0 Å². The number of ether oxygens (including phenoxy) is 3. The number of rotatable bonds is 13. The number of H-pyrrole nitrogens is 1. The van der Waals surface area contributed by atoms with Crippen molar-refractivity contribution in [3.63, 3.8) is 0 Å². The highest BCUT2D eigenvalue weighted by Gasteiger charge is 2.48. The minimum Gasteiger partial charge on any atom is -0.756 e. The monoisotopic (exact) mass is 685 g/mol. The van der Waals surface area contributed by atoms with Gasteiger partial charge in [0.1, 0.15) is 36.1 Å². The molecule has 22 nitrogen and oxygen atoms in total. The summed E-state index contributed by atoms with van der Waals surface area (Å²) in [6.45, 7) is -1.60. The standard InChI is InChI=1S/C17H23N8O14P3S/c1-34-11-8(5-36-41(30,31)39-42(32,33)38-40(27,28)29)37-15(25-7-21-10-13(25)23-16(18)24-14(10)43)12(11)35-6-9(26)22-17-19-3-2-4-20-17/h2-4,7-8,11-12,15H,5-6H2,1H3,(H,30,31)(H,32,33)(H2,27,28,29)(H3,18,23,24,43)(H,19,20,22,26)/p-3/t8-,11?,12+,15-/m1/s1. The molecule has 0 radical (unpaired) electrons. The molecule has 4 unspecified atom stereocenters. The zero-order chi connectivity index (χ0) is 31.6. The molecule has 26 heteroatoms. The first-order valence-electron chi connectivity index (χ1n) is 11.4. The van der Waals surface area contributed by atoms with Crippen LogP contribution >= 0.6 is 35.7 Å². The molecule has 43 heavy (non-hydrogen) atoms. The van der Waals surface area contributed by atoms with Crippen LogP contribution in [-0.2, 0) is 45.8 Å². The molecule has 1 amide bonds. The second-order valence-corrected chi connectivity index (χ2v) is 12.9. The van der Waals surface area contributed by atoms with Crippen LogP contribution in [0.5, 0.6) is 0 Å². The molecule has 7 atom stereocenters. The summed E-state index contributed by atoms with van der Waals surface area (Å²) in [5.74, 6) is -0.785. The van der Waals surface area contributed by atoms with Gasteiger partial charge in [-0.1, -0.05) is 12.2 Å². The number of imidazole rings is 1. The number of methoxy groups -OCH3 is 1. The third kappa shape index (κ3) is 8.75. The first kappa shape index (κ1) is 33.3. The summed E-state index contributed by atoms with van der Waals surface area (Å²) in [7, 11) is -16.7. The SMILES string of the molecule is COC1[C@@H](COP(=O)([O-])OP(=O)([O-])OP(=O)([O-])O)O[C@@H](n2cnc3c(=S)nc(N)[nH]c32)[C@H]1OCC(=O)Nc1ncccn1. The van der Waals surface area contributed by atoms with Crippen LogP contribution in [0.4, 0.5) is 11.9 Å². The Morgan fingerprint density at radius 3 is 2.53 bits per heavy atom. The smallest absolute Gasteiger partial charge is 0.280 e. The number of fused-ring (bicyclic) bond motifs is 1. The lowest BCUT2D eigenvalue weighted by atomic mass is 10.1. The number of amides is 1. The number of carbonyl (C=O) groups excluding carboxylic acids is 1. The molecule has 0 aliphatic carbocycles. The number of carbonyl (C=O) groups is 1. The highest BCUT2D eigenvalue weighted by Crippen LogP contribution is 2.61. The van der Waals surface area contributed by atoms with Gasteiger partial charge in [-0.2, -0.15) is 0 Å². The summed E-state index contributed by atoms with van der Waals surface area (Å²) in [5.41, 5.74) is 6.17. The minimum atomic E-state index is -6.14. The van der Waals surface area contributed by atoms with Crippen LogP contribution in [0, 0.1) is 4.64 Å². The second-order valence-electron chi connectivity index (χ2n) is 8.26. The van der Waals surface area contributed by atoms with Gasteiger partial charge in [0.05, 0.1) is 12.9 Å². The van der Waals surface area contributed by atoms with E-state index in [1.54, 1.807) is 0 Å². The molecule has 1 fully saturated rings. The number of nitrogens with two attached hydrogens (primary N) is 1. The number of phosphoric ester groups is 1. The fourth-order valence-corrected chi connectivity index (χ4v) is 6.97. The van der Waals surface area contributed by atoms with Crippen LogP contribution in [0.25, 0.3) is 11.2 Å². The van der Waals surface area contributed by atoms with Crippen molar-refractivity contribution < 1.29 is 65.4 Å². The van der Waals surface area contributed by atoms with Gasteiger partial charge in [-0.25, -0.2) is 28.6 Å². The van der Waals surface area contributed by atoms with Gasteiger partial charge in [0.15, 0.2) is 16.8 Å². The molecular weight excluding hydrogens is 665 g/mol. The van der Waals surface area contributed by atoms with Gasteiger partial charge in [0.25, 0.3) is 29.4 Å². The van der Waals surface area contributed by atoms with E-state index in [1.807, 2.05) is 0 Å². The van der Waals surface area contributed by atoms with Crippen molar-refractivity contribution in [2.24, 2.45) is 0 Å². The molecule has 3 aromatic heterocycles. The van der Waals surface area contributed by atoms with Gasteiger partial charge >= 0.3 is 0 Å². The lowest BCUT2D eigenvalue weighted by Gasteiger charge is -2.33. The Morgan fingerprint density at radius 1 is 1.19 bits per heavy atom. The summed E-state index contributed by atoms with van der Waals surface area (Å²) in [6.07, 6.45) is -0.986. The number of nitrogen functional groups attached to an aromatic ring is 1. The Hall–Kier alpha value is -2.59. The minimum absolute atomic E-state index is 0.0126. The average Bonchev–Trinajstić information content (AvgIpc) is 3.45. The van der Waals surface area contributed by atoms with E-state index in [2.05, 4.69) is 43.4 Å². The maximum atomic E-state index is 12.5. The highest BCUT2D eigenvalue weighted by atomic mass is 32.1. The Kier molecular flexibility index (Phi) is 10.2. The maximum Gasteiger partial charge on any atom is 0.280 e. The molecule has 0 saturated carbocycles. The third-order valence-electron chi connectivity index (χ3n) is 5.32. The number of nitrogens with zero attached hydrogens (tertiary/aromatic N) is 5. The van der Waals surface area contributed by atoms with Gasteiger partial charge in [-0.15, -0.1) is 0 Å². The summed E-state index contributed by atoms with van der Waals surface area (Å²) in [4.78, 5) is 73.9. The zero-order valence-electron chi connectivity index (χ0n) is 21.4. The third-order valence-corrected chi connectivity index (χ3v) is 9.30. The summed E-state index contributed by atoms with van der Waals surface area (Å²) >= 11 is 5.17.